The summed E-state index contributed by atoms with van der Waals surface area (Å²) in [6.07, 6.45) is 4.11. The molecule has 0 aliphatic carbocycles. The maximum atomic E-state index is 13.2. The highest BCUT2D eigenvalue weighted by Gasteiger charge is 2.29. The third-order valence-electron chi connectivity index (χ3n) is 6.32. The zero-order chi connectivity index (χ0) is 23.5. The van der Waals surface area contributed by atoms with Crippen molar-refractivity contribution in [1.29, 1.82) is 0 Å². The fourth-order valence-corrected chi connectivity index (χ4v) is 4.69. The van der Waals surface area contributed by atoms with Crippen molar-refractivity contribution in [1.82, 2.24) is 14.9 Å². The number of hydrogen-bond acceptors (Lipinski definition) is 6. The molecule has 8 heteroatoms. The molecule has 0 spiro atoms. The molecule has 1 amide bonds. The highest BCUT2D eigenvalue weighted by molar-refractivity contribution is 6.33. The Hall–Kier alpha value is -3.32. The van der Waals surface area contributed by atoms with E-state index in [0.717, 1.165) is 37.2 Å². The molecule has 176 valence electrons. The zero-order valence-corrected chi connectivity index (χ0v) is 19.9. The van der Waals surface area contributed by atoms with Crippen LogP contribution in [0.25, 0.3) is 0 Å². The van der Waals surface area contributed by atoms with Gasteiger partial charge in [0.05, 0.1) is 35.5 Å². The lowest BCUT2D eigenvalue weighted by atomic mass is 10.0. The number of aromatic nitrogens is 2. The van der Waals surface area contributed by atoms with Crippen LogP contribution in [0.1, 0.15) is 40.9 Å². The van der Waals surface area contributed by atoms with E-state index in [1.165, 1.54) is 6.42 Å². The number of benzene rings is 2. The fraction of sp³-hybridized carbons (Fsp3) is 0.346. The summed E-state index contributed by atoms with van der Waals surface area (Å²) in [5, 5.41) is 0.445. The largest absolute Gasteiger partial charge is 0.493 e. The lowest BCUT2D eigenvalue weighted by molar-refractivity contribution is 0.0732. The highest BCUT2D eigenvalue weighted by Crippen LogP contribution is 2.36. The minimum atomic E-state index is -0.111. The van der Waals surface area contributed by atoms with Gasteiger partial charge in [0.15, 0.2) is 11.5 Å². The maximum Gasteiger partial charge on any atom is 0.255 e. The third kappa shape index (κ3) is 4.53. The van der Waals surface area contributed by atoms with Crippen molar-refractivity contribution < 1.29 is 14.3 Å². The normalized spacial score (nSPS) is 15.6. The minimum Gasteiger partial charge on any atom is -0.493 e. The van der Waals surface area contributed by atoms with Crippen molar-refractivity contribution in [3.05, 3.63) is 70.4 Å². The Kier molecular flexibility index (Phi) is 6.54. The van der Waals surface area contributed by atoms with Crippen LogP contribution in [0.15, 0.2) is 48.5 Å². The molecule has 1 aromatic heterocycles. The Labute approximate surface area is 204 Å². The van der Waals surface area contributed by atoms with Crippen LogP contribution in [0.3, 0.4) is 0 Å². The summed E-state index contributed by atoms with van der Waals surface area (Å²) < 4.78 is 11.8. The molecule has 0 unspecified atom stereocenters. The van der Waals surface area contributed by atoms with Gasteiger partial charge in [0.1, 0.15) is 0 Å². The second-order valence-corrected chi connectivity index (χ2v) is 8.92. The van der Waals surface area contributed by atoms with Crippen LogP contribution in [-0.2, 0) is 13.0 Å². The number of anilines is 1. The maximum absolute atomic E-state index is 13.2. The molecular weight excluding hydrogens is 452 g/mol. The number of para-hydroxylation sites is 2. The van der Waals surface area contributed by atoms with Crippen LogP contribution in [0.4, 0.5) is 5.95 Å². The number of ether oxygens (including phenoxy) is 2. The Morgan fingerprint density at radius 1 is 0.941 bits per heavy atom. The number of rotatable bonds is 5. The molecule has 1 fully saturated rings. The van der Waals surface area contributed by atoms with Gasteiger partial charge >= 0.3 is 0 Å². The van der Waals surface area contributed by atoms with Gasteiger partial charge < -0.3 is 19.3 Å². The lowest BCUT2D eigenvalue weighted by Gasteiger charge is -2.32. The lowest BCUT2D eigenvalue weighted by Crippen LogP contribution is -2.38. The molecule has 0 N–H and O–H groups in total. The molecule has 2 aromatic carbocycles. The average molecular weight is 479 g/mol. The van der Waals surface area contributed by atoms with Crippen molar-refractivity contribution in [2.75, 3.05) is 31.6 Å². The van der Waals surface area contributed by atoms with Gasteiger partial charge in [-0.05, 0) is 43.5 Å². The van der Waals surface area contributed by atoms with Crippen molar-refractivity contribution in [2.45, 2.75) is 32.2 Å². The Morgan fingerprint density at radius 2 is 1.68 bits per heavy atom. The van der Waals surface area contributed by atoms with E-state index in [2.05, 4.69) is 4.90 Å². The van der Waals surface area contributed by atoms with E-state index in [-0.39, 0.29) is 5.91 Å². The number of carbonyl (C=O) groups excluding carboxylic acids is 1. The van der Waals surface area contributed by atoms with Gasteiger partial charge in [0.25, 0.3) is 5.91 Å². The molecule has 1 saturated heterocycles. The number of carbonyl (C=O) groups is 1. The van der Waals surface area contributed by atoms with Crippen LogP contribution >= 0.6 is 11.6 Å². The van der Waals surface area contributed by atoms with Crippen molar-refractivity contribution >= 4 is 23.5 Å². The van der Waals surface area contributed by atoms with Gasteiger partial charge in [0.2, 0.25) is 11.8 Å². The number of amides is 1. The number of halogens is 1. The topological polar surface area (TPSA) is 67.8 Å². The molecule has 3 aromatic rings. The quantitative estimate of drug-likeness (QED) is 0.507. The van der Waals surface area contributed by atoms with E-state index in [1.807, 2.05) is 36.4 Å². The predicted octanol–water partition coefficient (Wildman–Crippen LogP) is 5.12. The van der Waals surface area contributed by atoms with Crippen LogP contribution in [-0.4, -0.2) is 47.5 Å². The Balaban J connectivity index is 1.51. The van der Waals surface area contributed by atoms with E-state index < -0.39 is 0 Å². The van der Waals surface area contributed by atoms with E-state index in [0.29, 0.717) is 53.4 Å². The first-order valence-electron chi connectivity index (χ1n) is 11.6. The van der Waals surface area contributed by atoms with E-state index >= 15 is 0 Å². The number of hydrogen-bond donors (Lipinski definition) is 0. The Bertz CT molecular complexity index is 1200. The number of fused-ring (bicyclic) bond motifs is 1. The molecule has 7 nitrogen and oxygen atoms in total. The zero-order valence-electron chi connectivity index (χ0n) is 19.2. The number of methoxy groups -OCH3 is 1. The van der Waals surface area contributed by atoms with Crippen molar-refractivity contribution in [2.24, 2.45) is 0 Å². The minimum absolute atomic E-state index is 0.111. The van der Waals surface area contributed by atoms with Crippen LogP contribution in [0, 0.1) is 0 Å². The van der Waals surface area contributed by atoms with Gasteiger partial charge in [-0.2, -0.15) is 4.98 Å². The molecule has 34 heavy (non-hydrogen) atoms. The molecule has 5 rings (SSSR count). The van der Waals surface area contributed by atoms with Crippen LogP contribution in [0.2, 0.25) is 5.02 Å². The van der Waals surface area contributed by atoms with Crippen molar-refractivity contribution in [3.8, 4) is 17.4 Å². The van der Waals surface area contributed by atoms with E-state index in [9.17, 15) is 4.79 Å². The SMILES string of the molecule is COc1ccccc1Oc1nc(N2CCCCC2)nc2c1CN(C(=O)c1ccccc1Cl)CC2. The molecule has 2 aliphatic heterocycles. The first-order valence-corrected chi connectivity index (χ1v) is 12.0. The van der Waals surface area contributed by atoms with Crippen LogP contribution in [0.5, 0.6) is 17.4 Å². The van der Waals surface area contributed by atoms with E-state index in [4.69, 9.17) is 31.0 Å². The molecule has 0 radical (unpaired) electrons. The fourth-order valence-electron chi connectivity index (χ4n) is 4.48. The monoisotopic (exact) mass is 478 g/mol. The summed E-state index contributed by atoms with van der Waals surface area (Å²) in [4.78, 5) is 27.0. The van der Waals surface area contributed by atoms with E-state index in [1.54, 1.807) is 24.1 Å². The summed E-state index contributed by atoms with van der Waals surface area (Å²) in [6.45, 7) is 2.78. The molecule has 2 aliphatic rings. The molecular formula is C26H27ClN4O3. The number of piperidine rings is 1. The standard InChI is InChI=1S/C26H27ClN4O3/c1-33-22-11-5-6-12-23(22)34-24-19-17-31(25(32)18-9-3-4-10-20(18)27)16-13-21(19)28-26(29-24)30-14-7-2-8-15-30/h3-6,9-12H,2,7-8,13-17H2,1H3. The summed E-state index contributed by atoms with van der Waals surface area (Å²) in [7, 11) is 1.61. The molecule has 0 saturated carbocycles. The van der Waals surface area contributed by atoms with Crippen LogP contribution < -0.4 is 14.4 Å². The predicted molar refractivity (Wildman–Crippen MR) is 131 cm³/mol. The van der Waals surface area contributed by atoms with Crippen molar-refractivity contribution in [3.63, 3.8) is 0 Å². The van der Waals surface area contributed by atoms with Gasteiger partial charge in [-0.25, -0.2) is 4.98 Å². The van der Waals surface area contributed by atoms with Gasteiger partial charge in [-0.1, -0.05) is 35.9 Å². The summed E-state index contributed by atoms with van der Waals surface area (Å²) in [5.74, 6) is 2.24. The summed E-state index contributed by atoms with van der Waals surface area (Å²) in [6, 6.07) is 14.6. The second-order valence-electron chi connectivity index (χ2n) is 8.51. The van der Waals surface area contributed by atoms with Gasteiger partial charge in [0, 0.05) is 26.1 Å². The third-order valence-corrected chi connectivity index (χ3v) is 6.65. The highest BCUT2D eigenvalue weighted by atomic mass is 35.5. The summed E-state index contributed by atoms with van der Waals surface area (Å²) >= 11 is 6.30. The molecule has 0 bridgehead atoms. The second kappa shape index (κ2) is 9.89. The molecule has 3 heterocycles. The van der Waals surface area contributed by atoms with Gasteiger partial charge in [-0.3, -0.25) is 4.79 Å². The van der Waals surface area contributed by atoms with Gasteiger partial charge in [-0.15, -0.1) is 0 Å². The number of nitrogens with zero attached hydrogens (tertiary/aromatic N) is 4. The first-order chi connectivity index (χ1) is 16.6. The first kappa shape index (κ1) is 22.5. The summed E-state index contributed by atoms with van der Waals surface area (Å²) in [5.41, 5.74) is 2.23. The molecule has 0 atom stereocenters. The Morgan fingerprint density at radius 3 is 2.44 bits per heavy atom. The smallest absolute Gasteiger partial charge is 0.255 e. The average Bonchev–Trinajstić information content (AvgIpc) is 2.89.